The molecule has 1 amide bonds. The minimum absolute atomic E-state index is 0.158. The van der Waals surface area contributed by atoms with E-state index in [4.69, 9.17) is 11.6 Å². The highest BCUT2D eigenvalue weighted by atomic mass is 79.9. The van der Waals surface area contributed by atoms with Crippen LogP contribution in [0, 0.1) is 0 Å². The predicted octanol–water partition coefficient (Wildman–Crippen LogP) is 5.12. The fourth-order valence-corrected chi connectivity index (χ4v) is 3.54. The summed E-state index contributed by atoms with van der Waals surface area (Å²) in [7, 11) is 0. The molecule has 1 N–H and O–H groups in total. The van der Waals surface area contributed by atoms with Gasteiger partial charge >= 0.3 is 5.69 Å². The van der Waals surface area contributed by atoms with E-state index in [0.29, 0.717) is 27.3 Å². The molecular weight excluding hydrogens is 454 g/mol. The van der Waals surface area contributed by atoms with Gasteiger partial charge in [0.15, 0.2) is 0 Å². The van der Waals surface area contributed by atoms with Gasteiger partial charge in [-0.2, -0.15) is 4.98 Å². The number of fused-ring (bicyclic) bond motifs is 1. The average Bonchev–Trinajstić information content (AvgIpc) is 2.72. The molecule has 7 heteroatoms. The molecule has 4 rings (SSSR count). The van der Waals surface area contributed by atoms with Crippen LogP contribution in [-0.2, 0) is 11.3 Å². The van der Waals surface area contributed by atoms with E-state index < -0.39 is 5.69 Å². The second-order valence-electron chi connectivity index (χ2n) is 6.41. The van der Waals surface area contributed by atoms with Gasteiger partial charge in [-0.1, -0.05) is 57.9 Å². The van der Waals surface area contributed by atoms with Crippen molar-refractivity contribution in [3.63, 3.8) is 0 Å². The van der Waals surface area contributed by atoms with Crippen LogP contribution >= 0.6 is 27.5 Å². The van der Waals surface area contributed by atoms with Gasteiger partial charge in [-0.25, -0.2) is 4.79 Å². The van der Waals surface area contributed by atoms with E-state index in [0.717, 1.165) is 10.0 Å². The van der Waals surface area contributed by atoms with Gasteiger partial charge in [-0.05, 0) is 42.5 Å². The quantitative estimate of drug-likeness (QED) is 0.452. The van der Waals surface area contributed by atoms with Crippen molar-refractivity contribution in [2.75, 3.05) is 5.32 Å². The van der Waals surface area contributed by atoms with E-state index in [2.05, 4.69) is 26.2 Å². The van der Waals surface area contributed by atoms with Crippen molar-refractivity contribution in [3.8, 4) is 11.3 Å². The van der Waals surface area contributed by atoms with Crippen molar-refractivity contribution >= 4 is 50.0 Å². The number of hydrogen-bond donors (Lipinski definition) is 1. The van der Waals surface area contributed by atoms with E-state index in [1.807, 2.05) is 42.5 Å². The standard InChI is InChI=1S/C22H15BrClN3O2/c23-15-6-9-17(10-7-15)25-20(28)13-27-19-11-8-16(24)12-18(19)21(26-22(27)29)14-4-2-1-3-5-14/h1-12H,13H2,(H,25,28). The van der Waals surface area contributed by atoms with Gasteiger partial charge in [0.1, 0.15) is 6.54 Å². The lowest BCUT2D eigenvalue weighted by atomic mass is 10.1. The maximum atomic E-state index is 12.8. The normalized spacial score (nSPS) is 10.8. The van der Waals surface area contributed by atoms with Gasteiger partial charge in [-0.15, -0.1) is 0 Å². The number of carbonyl (C=O) groups is 1. The van der Waals surface area contributed by atoms with Gasteiger partial charge in [-0.3, -0.25) is 9.36 Å². The summed E-state index contributed by atoms with van der Waals surface area (Å²) in [6, 6.07) is 21.8. The number of nitrogens with one attached hydrogen (secondary N) is 1. The molecule has 5 nitrogen and oxygen atoms in total. The summed E-state index contributed by atoms with van der Waals surface area (Å²) in [6.07, 6.45) is 0. The van der Waals surface area contributed by atoms with E-state index in [1.165, 1.54) is 4.57 Å². The van der Waals surface area contributed by atoms with Crippen LogP contribution < -0.4 is 11.0 Å². The second-order valence-corrected chi connectivity index (χ2v) is 7.76. The number of carbonyl (C=O) groups excluding carboxylic acids is 1. The van der Waals surface area contributed by atoms with E-state index in [9.17, 15) is 9.59 Å². The highest BCUT2D eigenvalue weighted by Gasteiger charge is 2.15. The summed E-state index contributed by atoms with van der Waals surface area (Å²) in [5.41, 5.74) is 2.09. The van der Waals surface area contributed by atoms with Crippen molar-refractivity contribution in [2.24, 2.45) is 0 Å². The smallest absolute Gasteiger partial charge is 0.325 e. The lowest BCUT2D eigenvalue weighted by Crippen LogP contribution is -2.30. The van der Waals surface area contributed by atoms with Gasteiger partial charge < -0.3 is 5.32 Å². The average molecular weight is 469 g/mol. The van der Waals surface area contributed by atoms with Crippen molar-refractivity contribution in [1.82, 2.24) is 9.55 Å². The molecule has 1 heterocycles. The van der Waals surface area contributed by atoms with Crippen LogP contribution in [-0.4, -0.2) is 15.5 Å². The number of nitrogens with zero attached hydrogens (tertiary/aromatic N) is 2. The Labute approximate surface area is 180 Å². The molecule has 4 aromatic rings. The molecule has 0 unspecified atom stereocenters. The molecule has 3 aromatic carbocycles. The highest BCUT2D eigenvalue weighted by molar-refractivity contribution is 9.10. The van der Waals surface area contributed by atoms with Gasteiger partial charge in [0.25, 0.3) is 0 Å². The molecule has 0 fully saturated rings. The Morgan fingerprint density at radius 3 is 2.48 bits per heavy atom. The van der Waals surface area contributed by atoms with Crippen LogP contribution in [0.1, 0.15) is 0 Å². The second kappa shape index (κ2) is 8.19. The van der Waals surface area contributed by atoms with E-state index in [1.54, 1.807) is 30.3 Å². The summed E-state index contributed by atoms with van der Waals surface area (Å²) in [5, 5.41) is 4.03. The minimum Gasteiger partial charge on any atom is -0.325 e. The summed E-state index contributed by atoms with van der Waals surface area (Å²) in [4.78, 5) is 29.6. The number of aromatic nitrogens is 2. The molecule has 0 bridgehead atoms. The third-order valence-electron chi connectivity index (χ3n) is 4.42. The lowest BCUT2D eigenvalue weighted by molar-refractivity contribution is -0.116. The van der Waals surface area contributed by atoms with Gasteiger partial charge in [0.05, 0.1) is 11.2 Å². The summed E-state index contributed by atoms with van der Waals surface area (Å²) < 4.78 is 2.27. The van der Waals surface area contributed by atoms with Crippen LogP contribution in [0.2, 0.25) is 5.02 Å². The van der Waals surface area contributed by atoms with Crippen LogP contribution in [0.3, 0.4) is 0 Å². The first-order valence-corrected chi connectivity index (χ1v) is 9.99. The van der Waals surface area contributed by atoms with Crippen LogP contribution in [0.15, 0.2) is 82.1 Å². The van der Waals surface area contributed by atoms with E-state index >= 15 is 0 Å². The van der Waals surface area contributed by atoms with Crippen molar-refractivity contribution in [2.45, 2.75) is 6.54 Å². The molecule has 0 aliphatic rings. The van der Waals surface area contributed by atoms with Crippen LogP contribution in [0.4, 0.5) is 5.69 Å². The number of amides is 1. The Hall–Kier alpha value is -2.96. The van der Waals surface area contributed by atoms with Gasteiger partial charge in [0.2, 0.25) is 5.91 Å². The molecule has 1 aromatic heterocycles. The Kier molecular flexibility index (Phi) is 5.47. The van der Waals surface area contributed by atoms with Crippen LogP contribution in [0.5, 0.6) is 0 Å². The molecule has 0 saturated heterocycles. The van der Waals surface area contributed by atoms with Crippen molar-refractivity contribution in [1.29, 1.82) is 0 Å². The monoisotopic (exact) mass is 467 g/mol. The molecule has 0 saturated carbocycles. The number of hydrogen-bond acceptors (Lipinski definition) is 3. The fourth-order valence-electron chi connectivity index (χ4n) is 3.10. The van der Waals surface area contributed by atoms with E-state index in [-0.39, 0.29) is 12.5 Å². The molecule has 0 aliphatic carbocycles. The third kappa shape index (κ3) is 4.23. The maximum absolute atomic E-state index is 12.8. The molecular formula is C22H15BrClN3O2. The molecule has 0 atom stereocenters. The van der Waals surface area contributed by atoms with Crippen molar-refractivity contribution < 1.29 is 4.79 Å². The highest BCUT2D eigenvalue weighted by Crippen LogP contribution is 2.27. The first-order chi connectivity index (χ1) is 14.0. The van der Waals surface area contributed by atoms with Crippen molar-refractivity contribution in [3.05, 3.63) is 92.8 Å². The minimum atomic E-state index is -0.496. The zero-order chi connectivity index (χ0) is 20.4. The molecule has 144 valence electrons. The summed E-state index contributed by atoms with van der Waals surface area (Å²) in [6.45, 7) is -0.158. The molecule has 0 spiro atoms. The fraction of sp³-hybridized carbons (Fsp3) is 0.0455. The summed E-state index contributed by atoms with van der Waals surface area (Å²) in [5.74, 6) is -0.320. The number of benzene rings is 3. The van der Waals surface area contributed by atoms with Gasteiger partial charge in [0, 0.05) is 26.1 Å². The zero-order valence-electron chi connectivity index (χ0n) is 15.1. The Morgan fingerprint density at radius 1 is 1.03 bits per heavy atom. The molecule has 0 radical (unpaired) electrons. The van der Waals surface area contributed by atoms with Crippen LogP contribution in [0.25, 0.3) is 22.2 Å². The predicted molar refractivity (Wildman–Crippen MR) is 119 cm³/mol. The molecule has 29 heavy (non-hydrogen) atoms. The Morgan fingerprint density at radius 2 is 1.76 bits per heavy atom. The topological polar surface area (TPSA) is 64.0 Å². The molecule has 0 aliphatic heterocycles. The first-order valence-electron chi connectivity index (χ1n) is 8.82. The number of rotatable bonds is 4. The Bertz CT molecular complexity index is 1260. The zero-order valence-corrected chi connectivity index (χ0v) is 17.4. The SMILES string of the molecule is O=C(Cn1c(=O)nc(-c2ccccc2)c2cc(Cl)ccc21)Nc1ccc(Br)cc1. The maximum Gasteiger partial charge on any atom is 0.349 e. The number of halogens is 2. The first kappa shape index (κ1) is 19.4. The largest absolute Gasteiger partial charge is 0.349 e. The number of anilines is 1. The summed E-state index contributed by atoms with van der Waals surface area (Å²) >= 11 is 9.55. The Balaban J connectivity index is 1.75. The third-order valence-corrected chi connectivity index (χ3v) is 5.18. The lowest BCUT2D eigenvalue weighted by Gasteiger charge is -2.13.